The van der Waals surface area contributed by atoms with Gasteiger partial charge in [0.25, 0.3) is 0 Å². The topological polar surface area (TPSA) is 3.24 Å². The lowest BCUT2D eigenvalue weighted by molar-refractivity contribution is 0.272. The van der Waals surface area contributed by atoms with Gasteiger partial charge in [-0.25, -0.2) is 0 Å². The molecule has 1 aliphatic heterocycles. The summed E-state index contributed by atoms with van der Waals surface area (Å²) in [6.45, 7) is 8.38. The molecule has 1 aromatic carbocycles. The Labute approximate surface area is 130 Å². The lowest BCUT2D eigenvalue weighted by Crippen LogP contribution is -2.32. The molecule has 1 nitrogen and oxygen atoms in total. The van der Waals surface area contributed by atoms with Gasteiger partial charge in [-0.1, -0.05) is 60.1 Å². The highest BCUT2D eigenvalue weighted by Crippen LogP contribution is 2.31. The Morgan fingerprint density at radius 2 is 2.00 bits per heavy atom. The zero-order valence-electron chi connectivity index (χ0n) is 11.9. The van der Waals surface area contributed by atoms with Crippen LogP contribution in [-0.2, 0) is 0 Å². The Bertz CT molecular complexity index is 380. The highest BCUT2D eigenvalue weighted by molar-refractivity contribution is 9.09. The van der Waals surface area contributed by atoms with E-state index < -0.39 is 0 Å². The number of hydrogen-bond donors (Lipinski definition) is 0. The van der Waals surface area contributed by atoms with Gasteiger partial charge in [-0.15, -0.1) is 0 Å². The number of hydrogen-bond acceptors (Lipinski definition) is 2. The molecule has 3 heteroatoms. The average molecular weight is 342 g/mol. The Morgan fingerprint density at radius 3 is 2.68 bits per heavy atom. The van der Waals surface area contributed by atoms with E-state index in [1.807, 2.05) is 0 Å². The first-order chi connectivity index (χ1) is 9.11. The summed E-state index contributed by atoms with van der Waals surface area (Å²) in [4.78, 5) is 2.64. The van der Waals surface area contributed by atoms with E-state index in [9.17, 15) is 0 Å². The minimum absolute atomic E-state index is 0.450. The number of benzene rings is 1. The maximum atomic E-state index is 3.69. The number of alkyl halides is 1. The van der Waals surface area contributed by atoms with Crippen molar-refractivity contribution in [1.82, 2.24) is 4.90 Å². The van der Waals surface area contributed by atoms with Crippen molar-refractivity contribution < 1.29 is 0 Å². The number of rotatable bonds is 4. The monoisotopic (exact) mass is 341 g/mol. The third-order valence-corrected chi connectivity index (χ3v) is 6.02. The number of thioether (sulfide) groups is 1. The zero-order chi connectivity index (χ0) is 13.7. The molecule has 1 aliphatic rings. The maximum absolute atomic E-state index is 3.69. The SMILES string of the molecule is CC1(C)CCN(CC(CBr)c2ccccc2)CCS1. The van der Waals surface area contributed by atoms with E-state index in [0.717, 1.165) is 5.33 Å². The Balaban J connectivity index is 1.95. The molecule has 0 amide bonds. The predicted molar refractivity (Wildman–Crippen MR) is 90.6 cm³/mol. The van der Waals surface area contributed by atoms with Crippen LogP contribution in [0.5, 0.6) is 0 Å². The highest BCUT2D eigenvalue weighted by Gasteiger charge is 2.25. The van der Waals surface area contributed by atoms with Gasteiger partial charge in [0.05, 0.1) is 0 Å². The highest BCUT2D eigenvalue weighted by atomic mass is 79.9. The summed E-state index contributed by atoms with van der Waals surface area (Å²) in [5, 5.41) is 1.05. The van der Waals surface area contributed by atoms with Crippen LogP contribution in [0.25, 0.3) is 0 Å². The molecule has 0 radical (unpaired) electrons. The molecule has 0 bridgehead atoms. The summed E-state index contributed by atoms with van der Waals surface area (Å²) in [6.07, 6.45) is 1.29. The van der Waals surface area contributed by atoms with Gasteiger partial charge in [-0.05, 0) is 18.5 Å². The standard InChI is InChI=1S/C16H24BrNS/c1-16(2)8-9-18(10-11-19-16)13-15(12-17)14-6-4-3-5-7-14/h3-7,15H,8-13H2,1-2H3. The van der Waals surface area contributed by atoms with Crippen molar-refractivity contribution in [2.24, 2.45) is 0 Å². The molecule has 0 saturated carbocycles. The van der Waals surface area contributed by atoms with E-state index in [4.69, 9.17) is 0 Å². The first-order valence-electron chi connectivity index (χ1n) is 7.08. The molecule has 2 rings (SSSR count). The maximum Gasteiger partial charge on any atom is 0.0116 e. The van der Waals surface area contributed by atoms with Gasteiger partial charge in [-0.3, -0.25) is 0 Å². The molecule has 19 heavy (non-hydrogen) atoms. The molecule has 1 heterocycles. The van der Waals surface area contributed by atoms with Gasteiger partial charge < -0.3 is 4.90 Å². The van der Waals surface area contributed by atoms with Crippen LogP contribution in [-0.4, -0.2) is 40.4 Å². The third-order valence-electron chi connectivity index (χ3n) is 3.87. The van der Waals surface area contributed by atoms with Crippen molar-refractivity contribution >= 4 is 27.7 Å². The Hall–Kier alpha value is 0.01000. The summed E-state index contributed by atoms with van der Waals surface area (Å²) in [5.74, 6) is 1.86. The molecule has 1 fully saturated rings. The number of halogens is 1. The fourth-order valence-electron chi connectivity index (χ4n) is 2.53. The van der Waals surface area contributed by atoms with E-state index in [1.165, 1.54) is 37.4 Å². The summed E-state index contributed by atoms with van der Waals surface area (Å²) >= 11 is 5.81. The van der Waals surface area contributed by atoms with Crippen LogP contribution in [0.4, 0.5) is 0 Å². The molecular weight excluding hydrogens is 318 g/mol. The minimum atomic E-state index is 0.450. The van der Waals surface area contributed by atoms with Crippen molar-refractivity contribution in [3.63, 3.8) is 0 Å². The Kier molecular flexibility index (Phi) is 5.79. The largest absolute Gasteiger partial charge is 0.302 e. The van der Waals surface area contributed by atoms with Gasteiger partial charge in [0.2, 0.25) is 0 Å². The molecular formula is C16H24BrNS. The van der Waals surface area contributed by atoms with Crippen molar-refractivity contribution in [2.75, 3.05) is 30.7 Å². The first-order valence-corrected chi connectivity index (χ1v) is 9.19. The molecule has 1 unspecified atom stereocenters. The predicted octanol–water partition coefficient (Wildman–Crippen LogP) is 4.38. The third kappa shape index (κ3) is 4.80. The lowest BCUT2D eigenvalue weighted by atomic mass is 10.0. The van der Waals surface area contributed by atoms with Crippen molar-refractivity contribution in [2.45, 2.75) is 30.9 Å². The van der Waals surface area contributed by atoms with E-state index in [0.29, 0.717) is 10.7 Å². The number of nitrogens with zero attached hydrogens (tertiary/aromatic N) is 1. The quantitative estimate of drug-likeness (QED) is 0.747. The summed E-state index contributed by atoms with van der Waals surface area (Å²) < 4.78 is 0.450. The minimum Gasteiger partial charge on any atom is -0.302 e. The molecule has 0 N–H and O–H groups in total. The van der Waals surface area contributed by atoms with E-state index in [-0.39, 0.29) is 0 Å². The van der Waals surface area contributed by atoms with Gasteiger partial charge in [0, 0.05) is 34.8 Å². The first kappa shape index (κ1) is 15.4. The van der Waals surface area contributed by atoms with Crippen LogP contribution in [0.3, 0.4) is 0 Å². The van der Waals surface area contributed by atoms with Crippen molar-refractivity contribution in [1.29, 1.82) is 0 Å². The average Bonchev–Trinajstić information content (AvgIpc) is 2.58. The smallest absolute Gasteiger partial charge is 0.0116 e. The fraction of sp³-hybridized carbons (Fsp3) is 0.625. The Morgan fingerprint density at radius 1 is 1.26 bits per heavy atom. The molecule has 106 valence electrons. The van der Waals surface area contributed by atoms with Crippen LogP contribution in [0.1, 0.15) is 31.7 Å². The summed E-state index contributed by atoms with van der Waals surface area (Å²) in [5.41, 5.74) is 1.45. The van der Waals surface area contributed by atoms with E-state index in [2.05, 4.69) is 76.8 Å². The van der Waals surface area contributed by atoms with Gasteiger partial charge in [0.15, 0.2) is 0 Å². The molecule has 1 atom stereocenters. The second kappa shape index (κ2) is 7.14. The molecule has 1 saturated heterocycles. The van der Waals surface area contributed by atoms with Crippen molar-refractivity contribution in [3.8, 4) is 0 Å². The fourth-order valence-corrected chi connectivity index (χ4v) is 4.24. The summed E-state index contributed by atoms with van der Waals surface area (Å²) in [6, 6.07) is 10.9. The van der Waals surface area contributed by atoms with Gasteiger partial charge in [-0.2, -0.15) is 11.8 Å². The van der Waals surface area contributed by atoms with Crippen LogP contribution in [0.15, 0.2) is 30.3 Å². The molecule has 0 spiro atoms. The van der Waals surface area contributed by atoms with Crippen LogP contribution in [0.2, 0.25) is 0 Å². The second-order valence-corrected chi connectivity index (χ2v) is 8.37. The van der Waals surface area contributed by atoms with Gasteiger partial charge >= 0.3 is 0 Å². The van der Waals surface area contributed by atoms with Crippen LogP contribution in [0, 0.1) is 0 Å². The van der Waals surface area contributed by atoms with Crippen LogP contribution < -0.4 is 0 Å². The second-order valence-electron chi connectivity index (χ2n) is 5.92. The lowest BCUT2D eigenvalue weighted by Gasteiger charge is -2.26. The molecule has 0 aliphatic carbocycles. The van der Waals surface area contributed by atoms with Crippen LogP contribution >= 0.6 is 27.7 Å². The van der Waals surface area contributed by atoms with Gasteiger partial charge in [0.1, 0.15) is 0 Å². The van der Waals surface area contributed by atoms with E-state index in [1.54, 1.807) is 0 Å². The zero-order valence-corrected chi connectivity index (χ0v) is 14.3. The summed E-state index contributed by atoms with van der Waals surface area (Å²) in [7, 11) is 0. The van der Waals surface area contributed by atoms with Crippen molar-refractivity contribution in [3.05, 3.63) is 35.9 Å². The molecule has 0 aromatic heterocycles. The molecule has 1 aromatic rings. The normalized spacial score (nSPS) is 21.8. The van der Waals surface area contributed by atoms with E-state index >= 15 is 0 Å².